The highest BCUT2D eigenvalue weighted by Gasteiger charge is 2.07. The number of nitrogens with one attached hydrogen (secondary N) is 2. The summed E-state index contributed by atoms with van der Waals surface area (Å²) in [4.78, 5) is 22.4. The van der Waals surface area contributed by atoms with Crippen LogP contribution in [-0.4, -0.2) is 25.6 Å². The Balaban J connectivity index is 1.91. The third-order valence-corrected chi connectivity index (χ3v) is 2.63. The van der Waals surface area contributed by atoms with E-state index in [1.54, 1.807) is 24.3 Å². The third kappa shape index (κ3) is 4.82. The van der Waals surface area contributed by atoms with Crippen LogP contribution in [0.3, 0.4) is 0 Å². The quantitative estimate of drug-likeness (QED) is 0.888. The first-order valence-electron chi connectivity index (χ1n) is 6.64. The molecule has 0 atom stereocenters. The van der Waals surface area contributed by atoms with Crippen LogP contribution < -0.4 is 20.1 Å². The molecule has 0 aliphatic rings. The Morgan fingerprint density at radius 2 is 1.64 bits per heavy atom. The van der Waals surface area contributed by atoms with E-state index < -0.39 is 11.9 Å². The summed E-state index contributed by atoms with van der Waals surface area (Å²) in [5.74, 6) is 1.24. The van der Waals surface area contributed by atoms with Crippen LogP contribution in [0.4, 0.5) is 4.79 Å². The Labute approximate surface area is 128 Å². The summed E-state index contributed by atoms with van der Waals surface area (Å²) in [7, 11) is 1.42. The lowest BCUT2D eigenvalue weighted by Gasteiger charge is -2.09. The molecular weight excluding hydrogens is 284 g/mol. The van der Waals surface area contributed by atoms with Crippen molar-refractivity contribution in [2.75, 3.05) is 13.7 Å². The Morgan fingerprint density at radius 3 is 2.36 bits per heavy atom. The predicted molar refractivity (Wildman–Crippen MR) is 81.1 cm³/mol. The second kappa shape index (κ2) is 7.68. The fourth-order valence-electron chi connectivity index (χ4n) is 1.63. The molecule has 0 fully saturated rings. The van der Waals surface area contributed by atoms with Crippen molar-refractivity contribution in [3.8, 4) is 17.2 Å². The van der Waals surface area contributed by atoms with Crippen LogP contribution in [0.2, 0.25) is 0 Å². The maximum Gasteiger partial charge on any atom is 0.321 e. The SMILES string of the molecule is CNC(=O)NC(=O)COc1cccc(Oc2ccccc2)c1. The van der Waals surface area contributed by atoms with E-state index in [1.165, 1.54) is 7.05 Å². The van der Waals surface area contributed by atoms with Gasteiger partial charge in [-0.15, -0.1) is 0 Å². The van der Waals surface area contributed by atoms with Gasteiger partial charge in [-0.2, -0.15) is 0 Å². The summed E-state index contributed by atoms with van der Waals surface area (Å²) < 4.78 is 11.0. The van der Waals surface area contributed by atoms with E-state index in [0.717, 1.165) is 0 Å². The minimum Gasteiger partial charge on any atom is -0.484 e. The van der Waals surface area contributed by atoms with Crippen molar-refractivity contribution in [2.45, 2.75) is 0 Å². The summed E-state index contributed by atoms with van der Waals surface area (Å²) >= 11 is 0. The molecule has 0 unspecified atom stereocenters. The Hall–Kier alpha value is -3.02. The number of hydrogen-bond acceptors (Lipinski definition) is 4. The number of urea groups is 1. The molecule has 3 amide bonds. The van der Waals surface area contributed by atoms with Crippen LogP contribution in [-0.2, 0) is 4.79 Å². The van der Waals surface area contributed by atoms with Gasteiger partial charge in [-0.3, -0.25) is 10.1 Å². The van der Waals surface area contributed by atoms with Gasteiger partial charge < -0.3 is 14.8 Å². The molecule has 0 bridgehead atoms. The molecule has 2 N–H and O–H groups in total. The van der Waals surface area contributed by atoms with Crippen molar-refractivity contribution < 1.29 is 19.1 Å². The molecule has 114 valence electrons. The molecule has 0 aromatic heterocycles. The van der Waals surface area contributed by atoms with Crippen LogP contribution in [0.15, 0.2) is 54.6 Å². The molecule has 0 aliphatic heterocycles. The predicted octanol–water partition coefficient (Wildman–Crippen LogP) is 2.31. The summed E-state index contributed by atoms with van der Waals surface area (Å²) in [6.07, 6.45) is 0. The van der Waals surface area contributed by atoms with Crippen molar-refractivity contribution in [1.29, 1.82) is 0 Å². The van der Waals surface area contributed by atoms with Crippen molar-refractivity contribution in [2.24, 2.45) is 0 Å². The first kappa shape index (κ1) is 15.4. The van der Waals surface area contributed by atoms with Crippen LogP contribution in [0.25, 0.3) is 0 Å². The van der Waals surface area contributed by atoms with E-state index in [2.05, 4.69) is 10.6 Å². The molecular formula is C16H16N2O4. The van der Waals surface area contributed by atoms with E-state index >= 15 is 0 Å². The first-order chi connectivity index (χ1) is 10.7. The lowest BCUT2D eigenvalue weighted by molar-refractivity contribution is -0.122. The molecule has 0 saturated heterocycles. The van der Waals surface area contributed by atoms with Gasteiger partial charge in [0.2, 0.25) is 0 Å². The minimum atomic E-state index is -0.574. The number of benzene rings is 2. The fourth-order valence-corrected chi connectivity index (χ4v) is 1.63. The smallest absolute Gasteiger partial charge is 0.321 e. The molecule has 2 aromatic carbocycles. The second-order valence-corrected chi connectivity index (χ2v) is 4.31. The Morgan fingerprint density at radius 1 is 0.955 bits per heavy atom. The molecule has 2 rings (SSSR count). The second-order valence-electron chi connectivity index (χ2n) is 4.31. The highest BCUT2D eigenvalue weighted by atomic mass is 16.5. The summed E-state index contributed by atoms with van der Waals surface area (Å²) in [5.41, 5.74) is 0. The van der Waals surface area contributed by atoms with Gasteiger partial charge in [0.15, 0.2) is 6.61 Å². The van der Waals surface area contributed by atoms with Crippen molar-refractivity contribution >= 4 is 11.9 Å². The van der Waals surface area contributed by atoms with E-state index in [4.69, 9.17) is 9.47 Å². The number of ether oxygens (including phenoxy) is 2. The van der Waals surface area contributed by atoms with Crippen LogP contribution >= 0.6 is 0 Å². The number of imide groups is 1. The highest BCUT2D eigenvalue weighted by molar-refractivity contribution is 5.94. The van der Waals surface area contributed by atoms with Crippen molar-refractivity contribution in [3.63, 3.8) is 0 Å². The lowest BCUT2D eigenvalue weighted by Crippen LogP contribution is -2.39. The maximum atomic E-state index is 11.4. The van der Waals surface area contributed by atoms with Crippen molar-refractivity contribution in [3.05, 3.63) is 54.6 Å². The maximum absolute atomic E-state index is 11.4. The van der Waals surface area contributed by atoms with Gasteiger partial charge in [0.25, 0.3) is 5.91 Å². The lowest BCUT2D eigenvalue weighted by atomic mass is 10.3. The van der Waals surface area contributed by atoms with Gasteiger partial charge in [0.1, 0.15) is 17.2 Å². The normalized spacial score (nSPS) is 9.68. The summed E-state index contributed by atoms with van der Waals surface area (Å²) in [5, 5.41) is 4.39. The number of amides is 3. The molecule has 0 spiro atoms. The van der Waals surface area contributed by atoms with E-state index in [9.17, 15) is 9.59 Å². The first-order valence-corrected chi connectivity index (χ1v) is 6.64. The van der Waals surface area contributed by atoms with Crippen molar-refractivity contribution in [1.82, 2.24) is 10.6 Å². The van der Waals surface area contributed by atoms with E-state index in [-0.39, 0.29) is 6.61 Å². The number of hydrogen-bond donors (Lipinski definition) is 2. The number of para-hydroxylation sites is 1. The molecule has 0 radical (unpaired) electrons. The molecule has 0 heterocycles. The topological polar surface area (TPSA) is 76.7 Å². The Kier molecular flexibility index (Phi) is 5.37. The number of rotatable bonds is 5. The van der Waals surface area contributed by atoms with Crippen LogP contribution in [0.1, 0.15) is 0 Å². The molecule has 22 heavy (non-hydrogen) atoms. The zero-order chi connectivity index (χ0) is 15.8. The molecule has 0 saturated carbocycles. The van der Waals surface area contributed by atoms with Crippen LogP contribution in [0, 0.1) is 0 Å². The molecule has 6 nitrogen and oxygen atoms in total. The zero-order valence-electron chi connectivity index (χ0n) is 12.0. The highest BCUT2D eigenvalue weighted by Crippen LogP contribution is 2.24. The van der Waals surface area contributed by atoms with Gasteiger partial charge in [0.05, 0.1) is 0 Å². The largest absolute Gasteiger partial charge is 0.484 e. The summed E-state index contributed by atoms with van der Waals surface area (Å²) in [6, 6.07) is 15.7. The monoisotopic (exact) mass is 300 g/mol. The average molecular weight is 300 g/mol. The van der Waals surface area contributed by atoms with Gasteiger partial charge in [-0.1, -0.05) is 24.3 Å². The minimum absolute atomic E-state index is 0.262. The van der Waals surface area contributed by atoms with Gasteiger partial charge in [-0.05, 0) is 24.3 Å². The van der Waals surface area contributed by atoms with E-state index in [1.807, 2.05) is 30.3 Å². The van der Waals surface area contributed by atoms with Gasteiger partial charge >= 0.3 is 6.03 Å². The molecule has 0 aliphatic carbocycles. The van der Waals surface area contributed by atoms with Gasteiger partial charge in [0, 0.05) is 13.1 Å². The number of carbonyl (C=O) groups is 2. The average Bonchev–Trinajstić information content (AvgIpc) is 2.54. The van der Waals surface area contributed by atoms with E-state index in [0.29, 0.717) is 17.2 Å². The zero-order valence-corrected chi connectivity index (χ0v) is 12.0. The van der Waals surface area contributed by atoms with Gasteiger partial charge in [-0.25, -0.2) is 4.79 Å². The summed E-state index contributed by atoms with van der Waals surface area (Å²) in [6.45, 7) is -0.262. The standard InChI is InChI=1S/C16H16N2O4/c1-17-16(20)18-15(19)11-21-13-8-5-9-14(10-13)22-12-6-3-2-4-7-12/h2-10H,11H2,1H3,(H2,17,18,19,20). The molecule has 6 heteroatoms. The molecule has 2 aromatic rings. The Bertz CT molecular complexity index is 644. The number of carbonyl (C=O) groups excluding carboxylic acids is 2. The fraction of sp³-hybridized carbons (Fsp3) is 0.125. The third-order valence-electron chi connectivity index (χ3n) is 2.63. The van der Waals surface area contributed by atoms with Crippen LogP contribution in [0.5, 0.6) is 17.2 Å².